The number of halogens is 1. The zero-order chi connectivity index (χ0) is 17.4. The van der Waals surface area contributed by atoms with Crippen molar-refractivity contribution in [1.82, 2.24) is 5.43 Å². The largest absolute Gasteiger partial charge is 0.272 e. The molecule has 1 N–H and O–H groups in total. The van der Waals surface area contributed by atoms with Gasteiger partial charge in [0.25, 0.3) is 5.69 Å². The highest BCUT2D eigenvalue weighted by atomic mass is 79.9. The molecule has 0 aromatic heterocycles. The summed E-state index contributed by atoms with van der Waals surface area (Å²) in [6.07, 6.45) is 1.57. The van der Waals surface area contributed by atoms with Gasteiger partial charge >= 0.3 is 0 Å². The molecule has 2 aromatic rings. The first-order valence-corrected chi connectivity index (χ1v) is 8.88. The summed E-state index contributed by atoms with van der Waals surface area (Å²) in [5, 5.41) is 14.5. The molecule has 124 valence electrons. The molecular weight excluding hydrogens is 394 g/mol. The molecule has 0 unspecified atom stereocenters. The van der Waals surface area contributed by atoms with E-state index in [9.17, 15) is 14.9 Å². The van der Waals surface area contributed by atoms with E-state index in [0.717, 1.165) is 15.6 Å². The Kier molecular flexibility index (Phi) is 6.95. The van der Waals surface area contributed by atoms with Crippen molar-refractivity contribution in [1.29, 1.82) is 0 Å². The number of nitro groups is 1. The van der Waals surface area contributed by atoms with Gasteiger partial charge in [-0.3, -0.25) is 14.9 Å². The molecular formula is C16H14BrN3O3S. The summed E-state index contributed by atoms with van der Waals surface area (Å²) in [5.41, 5.74) is 4.33. The summed E-state index contributed by atoms with van der Waals surface area (Å²) >= 11 is 4.78. The molecule has 6 nitrogen and oxygen atoms in total. The van der Waals surface area contributed by atoms with Crippen LogP contribution in [0.2, 0.25) is 0 Å². The molecule has 0 spiro atoms. The van der Waals surface area contributed by atoms with Crippen molar-refractivity contribution in [3.8, 4) is 0 Å². The van der Waals surface area contributed by atoms with Crippen LogP contribution < -0.4 is 5.43 Å². The smallest absolute Gasteiger partial charge is 0.269 e. The molecule has 24 heavy (non-hydrogen) atoms. The number of thioether (sulfide) groups is 1. The van der Waals surface area contributed by atoms with Gasteiger partial charge in [-0.2, -0.15) is 5.10 Å². The third-order valence-corrected chi connectivity index (χ3v) is 4.40. The summed E-state index contributed by atoms with van der Waals surface area (Å²) in [7, 11) is 0. The maximum atomic E-state index is 11.7. The van der Waals surface area contributed by atoms with E-state index in [1.807, 2.05) is 24.3 Å². The molecule has 0 saturated carbocycles. The summed E-state index contributed by atoms with van der Waals surface area (Å²) < 4.78 is 0.941. The fraction of sp³-hybridized carbons (Fsp3) is 0.125. The van der Waals surface area contributed by atoms with Crippen LogP contribution in [0.4, 0.5) is 5.69 Å². The Morgan fingerprint density at radius 2 is 2.04 bits per heavy atom. The lowest BCUT2D eigenvalue weighted by atomic mass is 10.2. The van der Waals surface area contributed by atoms with Crippen LogP contribution in [0.1, 0.15) is 11.1 Å². The number of non-ortho nitro benzene ring substituents is 1. The first kappa shape index (κ1) is 18.2. The summed E-state index contributed by atoms with van der Waals surface area (Å²) in [4.78, 5) is 21.8. The van der Waals surface area contributed by atoms with E-state index >= 15 is 0 Å². The monoisotopic (exact) mass is 407 g/mol. The van der Waals surface area contributed by atoms with Crippen LogP contribution in [0.5, 0.6) is 0 Å². The predicted molar refractivity (Wildman–Crippen MR) is 99.1 cm³/mol. The predicted octanol–water partition coefficient (Wildman–Crippen LogP) is 3.74. The van der Waals surface area contributed by atoms with Gasteiger partial charge in [-0.25, -0.2) is 5.43 Å². The summed E-state index contributed by atoms with van der Waals surface area (Å²) in [6.45, 7) is 0. The first-order chi connectivity index (χ1) is 11.5. The Morgan fingerprint density at radius 3 is 2.71 bits per heavy atom. The first-order valence-electron chi connectivity index (χ1n) is 6.93. The van der Waals surface area contributed by atoms with Gasteiger partial charge in [-0.15, -0.1) is 11.8 Å². The fourth-order valence-electron chi connectivity index (χ4n) is 1.77. The molecule has 0 heterocycles. The molecule has 0 saturated heterocycles. The fourth-order valence-corrected chi connectivity index (χ4v) is 2.97. The minimum Gasteiger partial charge on any atom is -0.272 e. The molecule has 0 aliphatic carbocycles. The van der Waals surface area contributed by atoms with Gasteiger partial charge in [0.05, 0.1) is 16.9 Å². The van der Waals surface area contributed by atoms with Crippen LogP contribution in [-0.4, -0.2) is 22.8 Å². The SMILES string of the molecule is O=C(CSCc1ccc([N+](=O)[O-])cc1)NN=Cc1cccc(Br)c1. The highest BCUT2D eigenvalue weighted by Gasteiger charge is 2.05. The Balaban J connectivity index is 1.72. The average molecular weight is 408 g/mol. The van der Waals surface area contributed by atoms with Crippen LogP contribution in [-0.2, 0) is 10.5 Å². The minimum absolute atomic E-state index is 0.0587. The van der Waals surface area contributed by atoms with Crippen molar-refractivity contribution in [3.05, 3.63) is 74.2 Å². The van der Waals surface area contributed by atoms with E-state index in [2.05, 4.69) is 26.5 Å². The quantitative estimate of drug-likeness (QED) is 0.430. The van der Waals surface area contributed by atoms with Crippen molar-refractivity contribution >= 4 is 45.5 Å². The zero-order valence-electron chi connectivity index (χ0n) is 12.5. The molecule has 0 fully saturated rings. The van der Waals surface area contributed by atoms with Gasteiger partial charge < -0.3 is 0 Å². The zero-order valence-corrected chi connectivity index (χ0v) is 14.9. The molecule has 2 aromatic carbocycles. The van der Waals surface area contributed by atoms with Crippen LogP contribution in [0.25, 0.3) is 0 Å². The number of nitro benzene ring substituents is 1. The van der Waals surface area contributed by atoms with Gasteiger partial charge in [0.1, 0.15) is 0 Å². The van der Waals surface area contributed by atoms with E-state index in [-0.39, 0.29) is 17.3 Å². The number of carbonyl (C=O) groups is 1. The van der Waals surface area contributed by atoms with Crippen LogP contribution >= 0.6 is 27.7 Å². The Labute approximate surface area is 151 Å². The van der Waals surface area contributed by atoms with Gasteiger partial charge in [0, 0.05) is 22.4 Å². The lowest BCUT2D eigenvalue weighted by molar-refractivity contribution is -0.384. The molecule has 0 bridgehead atoms. The van der Waals surface area contributed by atoms with Crippen LogP contribution in [0.15, 0.2) is 58.1 Å². The van der Waals surface area contributed by atoms with Gasteiger partial charge in [-0.1, -0.05) is 40.2 Å². The second-order valence-corrected chi connectivity index (χ2v) is 6.67. The summed E-state index contributed by atoms with van der Waals surface area (Å²) in [5.74, 6) is 0.654. The molecule has 1 amide bonds. The number of nitrogens with one attached hydrogen (secondary N) is 1. The highest BCUT2D eigenvalue weighted by Crippen LogP contribution is 2.16. The molecule has 0 aliphatic rings. The number of benzene rings is 2. The molecule has 8 heteroatoms. The number of carbonyl (C=O) groups excluding carboxylic acids is 1. The van der Waals surface area contributed by atoms with E-state index < -0.39 is 4.92 Å². The topological polar surface area (TPSA) is 84.6 Å². The van der Waals surface area contributed by atoms with Crippen molar-refractivity contribution in [2.24, 2.45) is 5.10 Å². The Hall–Kier alpha value is -2.19. The summed E-state index contributed by atoms with van der Waals surface area (Å²) in [6, 6.07) is 13.8. The Morgan fingerprint density at radius 1 is 1.29 bits per heavy atom. The third kappa shape index (κ3) is 6.13. The Bertz CT molecular complexity index is 750. The standard InChI is InChI=1S/C16H14BrN3O3S/c17-14-3-1-2-13(8-14)9-18-19-16(21)11-24-10-12-4-6-15(7-5-12)20(22)23/h1-9H,10-11H2,(H,19,21). The van der Waals surface area contributed by atoms with E-state index in [1.54, 1.807) is 18.3 Å². The number of hydrogen-bond donors (Lipinski definition) is 1. The third-order valence-electron chi connectivity index (χ3n) is 2.90. The lowest BCUT2D eigenvalue weighted by Gasteiger charge is -2.01. The normalized spacial score (nSPS) is 10.7. The number of nitrogens with zero attached hydrogens (tertiary/aromatic N) is 2. The highest BCUT2D eigenvalue weighted by molar-refractivity contribution is 9.10. The number of hydrogen-bond acceptors (Lipinski definition) is 5. The van der Waals surface area contributed by atoms with Crippen molar-refractivity contribution in [2.75, 3.05) is 5.75 Å². The lowest BCUT2D eigenvalue weighted by Crippen LogP contribution is -2.19. The van der Waals surface area contributed by atoms with Crippen molar-refractivity contribution < 1.29 is 9.72 Å². The van der Waals surface area contributed by atoms with Gasteiger partial charge in [0.2, 0.25) is 5.91 Å². The number of amides is 1. The van der Waals surface area contributed by atoms with Crippen LogP contribution in [0, 0.1) is 10.1 Å². The average Bonchev–Trinajstić information content (AvgIpc) is 2.55. The number of hydrazone groups is 1. The van der Waals surface area contributed by atoms with Crippen molar-refractivity contribution in [3.63, 3.8) is 0 Å². The second-order valence-electron chi connectivity index (χ2n) is 4.76. The van der Waals surface area contributed by atoms with Gasteiger partial charge in [-0.05, 0) is 23.3 Å². The second kappa shape index (κ2) is 9.19. The van der Waals surface area contributed by atoms with E-state index in [0.29, 0.717) is 5.75 Å². The van der Waals surface area contributed by atoms with E-state index in [1.165, 1.54) is 23.9 Å². The maximum Gasteiger partial charge on any atom is 0.269 e. The van der Waals surface area contributed by atoms with Gasteiger partial charge in [0.15, 0.2) is 0 Å². The molecule has 0 atom stereocenters. The molecule has 0 aliphatic heterocycles. The van der Waals surface area contributed by atoms with Crippen molar-refractivity contribution in [2.45, 2.75) is 5.75 Å². The number of rotatable bonds is 7. The maximum absolute atomic E-state index is 11.7. The van der Waals surface area contributed by atoms with E-state index in [4.69, 9.17) is 0 Å². The minimum atomic E-state index is -0.437. The van der Waals surface area contributed by atoms with Crippen LogP contribution in [0.3, 0.4) is 0 Å². The molecule has 2 rings (SSSR count). The molecule has 0 radical (unpaired) electrons.